The van der Waals surface area contributed by atoms with E-state index >= 15 is 0 Å². The second-order valence-corrected chi connectivity index (χ2v) is 6.08. The highest BCUT2D eigenvalue weighted by Gasteiger charge is 2.24. The number of amides is 2. The average molecular weight is 376 g/mol. The molecule has 0 radical (unpaired) electrons. The first-order valence-corrected chi connectivity index (χ1v) is 8.28. The first-order chi connectivity index (χ1) is 12.3. The van der Waals surface area contributed by atoms with Crippen LogP contribution in [0, 0.1) is 10.1 Å². The largest absolute Gasteiger partial charge is 0.332 e. The molecule has 2 amide bonds. The van der Waals surface area contributed by atoms with Gasteiger partial charge in [-0.3, -0.25) is 19.7 Å². The summed E-state index contributed by atoms with van der Waals surface area (Å²) < 4.78 is 0. The second-order valence-electron chi connectivity index (χ2n) is 5.64. The lowest BCUT2D eigenvalue weighted by Gasteiger charge is -2.17. The first kappa shape index (κ1) is 19.4. The Labute approximate surface area is 155 Å². The van der Waals surface area contributed by atoms with Crippen LogP contribution in [-0.2, 0) is 11.2 Å². The molecular formula is C18H18ClN3O4. The molecular weight excluding hydrogens is 358 g/mol. The zero-order chi connectivity index (χ0) is 19.3. The van der Waals surface area contributed by atoms with Crippen molar-refractivity contribution in [1.82, 2.24) is 4.90 Å². The van der Waals surface area contributed by atoms with E-state index in [9.17, 15) is 19.7 Å². The Morgan fingerprint density at radius 1 is 1.23 bits per heavy atom. The molecule has 0 atom stereocenters. The smallest absolute Gasteiger partial charge is 0.283 e. The topological polar surface area (TPSA) is 92.6 Å². The van der Waals surface area contributed by atoms with Gasteiger partial charge in [-0.05, 0) is 30.2 Å². The molecule has 136 valence electrons. The second kappa shape index (κ2) is 8.44. The molecule has 0 aromatic heterocycles. The fraction of sp³-hybridized carbons (Fsp3) is 0.222. The molecule has 0 heterocycles. The van der Waals surface area contributed by atoms with Crippen molar-refractivity contribution in [2.75, 3.05) is 18.9 Å². The van der Waals surface area contributed by atoms with E-state index in [1.54, 1.807) is 12.1 Å². The standard InChI is InChI=1S/C18H18ClN3O4/c1-3-12-6-4-5-7-15(12)20-17(23)11-21(2)18(24)14-9-8-13(19)10-16(14)22(25)26/h4-10H,3,11H2,1-2H3,(H,20,23). The molecule has 0 bridgehead atoms. The number of hydrogen-bond donors (Lipinski definition) is 1. The van der Waals surface area contributed by atoms with Crippen molar-refractivity contribution in [3.8, 4) is 0 Å². The third kappa shape index (κ3) is 4.58. The van der Waals surface area contributed by atoms with Crippen LogP contribution in [0.25, 0.3) is 0 Å². The molecule has 7 nitrogen and oxygen atoms in total. The molecule has 0 aliphatic carbocycles. The average Bonchev–Trinajstić information content (AvgIpc) is 2.61. The Morgan fingerprint density at radius 2 is 1.92 bits per heavy atom. The minimum atomic E-state index is -0.676. The normalized spacial score (nSPS) is 10.3. The molecule has 2 aromatic carbocycles. The number of hydrogen-bond acceptors (Lipinski definition) is 4. The number of nitrogens with one attached hydrogen (secondary N) is 1. The molecule has 26 heavy (non-hydrogen) atoms. The van der Waals surface area contributed by atoms with Crippen LogP contribution in [0.2, 0.25) is 5.02 Å². The molecule has 0 aliphatic rings. The number of nitro groups is 1. The van der Waals surface area contributed by atoms with Crippen LogP contribution in [0.1, 0.15) is 22.8 Å². The van der Waals surface area contributed by atoms with E-state index in [0.717, 1.165) is 23.0 Å². The highest BCUT2D eigenvalue weighted by molar-refractivity contribution is 6.31. The minimum absolute atomic E-state index is 0.122. The zero-order valence-corrected chi connectivity index (χ0v) is 15.1. The summed E-state index contributed by atoms with van der Waals surface area (Å²) in [4.78, 5) is 36.3. The van der Waals surface area contributed by atoms with Crippen LogP contribution in [0.3, 0.4) is 0 Å². The van der Waals surface area contributed by atoms with Crippen LogP contribution < -0.4 is 5.32 Å². The van der Waals surface area contributed by atoms with E-state index in [1.807, 2.05) is 19.1 Å². The predicted molar refractivity (Wildman–Crippen MR) is 99.5 cm³/mol. The summed E-state index contributed by atoms with van der Waals surface area (Å²) >= 11 is 5.75. The van der Waals surface area contributed by atoms with Gasteiger partial charge >= 0.3 is 0 Å². The van der Waals surface area contributed by atoms with Crippen molar-refractivity contribution >= 4 is 34.8 Å². The number of para-hydroxylation sites is 1. The summed E-state index contributed by atoms with van der Waals surface area (Å²) in [5.41, 5.74) is 1.14. The third-order valence-electron chi connectivity index (χ3n) is 3.79. The number of benzene rings is 2. The number of carbonyl (C=O) groups is 2. The molecule has 0 fully saturated rings. The summed E-state index contributed by atoms with van der Waals surface area (Å²) in [6, 6.07) is 11.2. The molecule has 0 aliphatic heterocycles. The molecule has 0 saturated heterocycles. The quantitative estimate of drug-likeness (QED) is 0.617. The molecule has 2 rings (SSSR count). The Morgan fingerprint density at radius 3 is 2.58 bits per heavy atom. The number of nitrogens with zero attached hydrogens (tertiary/aromatic N) is 2. The van der Waals surface area contributed by atoms with E-state index in [2.05, 4.69) is 5.32 Å². The predicted octanol–water partition coefficient (Wildman–Crippen LogP) is 3.52. The van der Waals surface area contributed by atoms with Crippen LogP contribution >= 0.6 is 11.6 Å². The first-order valence-electron chi connectivity index (χ1n) is 7.90. The van der Waals surface area contributed by atoms with Crippen molar-refractivity contribution in [3.05, 3.63) is 68.7 Å². The van der Waals surface area contributed by atoms with E-state index < -0.39 is 22.4 Å². The van der Waals surface area contributed by atoms with Gasteiger partial charge in [0.2, 0.25) is 5.91 Å². The van der Waals surface area contributed by atoms with Crippen molar-refractivity contribution in [1.29, 1.82) is 0 Å². The van der Waals surface area contributed by atoms with Crippen molar-refractivity contribution in [3.63, 3.8) is 0 Å². The Hall–Kier alpha value is -2.93. The van der Waals surface area contributed by atoms with Gasteiger partial charge in [-0.1, -0.05) is 36.7 Å². The molecule has 2 aromatic rings. The van der Waals surface area contributed by atoms with E-state index in [4.69, 9.17) is 11.6 Å². The van der Waals surface area contributed by atoms with Crippen LogP contribution in [0.4, 0.5) is 11.4 Å². The van der Waals surface area contributed by atoms with Gasteiger partial charge in [-0.25, -0.2) is 0 Å². The maximum absolute atomic E-state index is 12.5. The Kier molecular flexibility index (Phi) is 6.30. The van der Waals surface area contributed by atoms with Gasteiger partial charge in [0.25, 0.3) is 11.6 Å². The fourth-order valence-electron chi connectivity index (χ4n) is 2.47. The van der Waals surface area contributed by atoms with Gasteiger partial charge in [0.15, 0.2) is 0 Å². The van der Waals surface area contributed by atoms with Gasteiger partial charge < -0.3 is 10.2 Å². The van der Waals surface area contributed by atoms with Crippen LogP contribution in [0.5, 0.6) is 0 Å². The summed E-state index contributed by atoms with van der Waals surface area (Å²) in [7, 11) is 1.41. The molecule has 0 unspecified atom stereocenters. The maximum Gasteiger partial charge on any atom is 0.283 e. The Balaban J connectivity index is 2.12. The van der Waals surface area contributed by atoms with E-state index in [1.165, 1.54) is 19.2 Å². The SMILES string of the molecule is CCc1ccccc1NC(=O)CN(C)C(=O)c1ccc(Cl)cc1[N+](=O)[O-]. The Bertz CT molecular complexity index is 854. The number of carbonyl (C=O) groups excluding carboxylic acids is 2. The van der Waals surface area contributed by atoms with Gasteiger partial charge in [0.1, 0.15) is 5.56 Å². The lowest BCUT2D eigenvalue weighted by molar-refractivity contribution is -0.385. The van der Waals surface area contributed by atoms with Crippen molar-refractivity contribution in [2.24, 2.45) is 0 Å². The molecule has 0 saturated carbocycles. The van der Waals surface area contributed by atoms with Gasteiger partial charge in [-0.2, -0.15) is 0 Å². The van der Waals surface area contributed by atoms with Crippen LogP contribution in [-0.4, -0.2) is 35.2 Å². The van der Waals surface area contributed by atoms with Gasteiger partial charge in [-0.15, -0.1) is 0 Å². The number of likely N-dealkylation sites (N-methyl/N-ethyl adjacent to an activating group) is 1. The van der Waals surface area contributed by atoms with Gasteiger partial charge in [0.05, 0.1) is 11.5 Å². The molecule has 8 heteroatoms. The molecule has 0 spiro atoms. The van der Waals surface area contributed by atoms with Crippen LogP contribution in [0.15, 0.2) is 42.5 Å². The number of anilines is 1. The maximum atomic E-state index is 12.5. The third-order valence-corrected chi connectivity index (χ3v) is 4.02. The number of halogens is 1. The number of aryl methyl sites for hydroxylation is 1. The summed E-state index contributed by atoms with van der Waals surface area (Å²) in [5, 5.41) is 14.0. The van der Waals surface area contributed by atoms with E-state index in [0.29, 0.717) is 5.69 Å². The monoisotopic (exact) mass is 375 g/mol. The minimum Gasteiger partial charge on any atom is -0.332 e. The molecule has 1 N–H and O–H groups in total. The summed E-state index contributed by atoms with van der Waals surface area (Å²) in [5.74, 6) is -1.02. The number of nitro benzene ring substituents is 1. The highest BCUT2D eigenvalue weighted by Crippen LogP contribution is 2.24. The van der Waals surface area contributed by atoms with Crippen molar-refractivity contribution in [2.45, 2.75) is 13.3 Å². The zero-order valence-electron chi connectivity index (χ0n) is 14.4. The fourth-order valence-corrected chi connectivity index (χ4v) is 2.64. The van der Waals surface area contributed by atoms with E-state index in [-0.39, 0.29) is 17.1 Å². The lowest BCUT2D eigenvalue weighted by atomic mass is 10.1. The number of rotatable bonds is 6. The summed E-state index contributed by atoms with van der Waals surface area (Å²) in [6.45, 7) is 1.73. The lowest BCUT2D eigenvalue weighted by Crippen LogP contribution is -2.35. The summed E-state index contributed by atoms with van der Waals surface area (Å²) in [6.07, 6.45) is 0.752. The highest BCUT2D eigenvalue weighted by atomic mass is 35.5. The van der Waals surface area contributed by atoms with Crippen molar-refractivity contribution < 1.29 is 14.5 Å². The van der Waals surface area contributed by atoms with Gasteiger partial charge in [0, 0.05) is 23.8 Å².